The maximum absolute atomic E-state index is 12.0. The molecule has 1 atom stereocenters. The van der Waals surface area contributed by atoms with Crippen LogP contribution in [0.1, 0.15) is 12.1 Å². The van der Waals surface area contributed by atoms with E-state index in [-0.39, 0.29) is 11.8 Å². The number of aryl methyl sites for hydroxylation is 1. The molecule has 7 nitrogen and oxygen atoms in total. The fourth-order valence-electron chi connectivity index (χ4n) is 2.29. The second-order valence-corrected chi connectivity index (χ2v) is 5.01. The number of rotatable bonds is 4. The highest BCUT2D eigenvalue weighted by Gasteiger charge is 2.23. The van der Waals surface area contributed by atoms with Crippen molar-refractivity contribution in [1.29, 1.82) is 0 Å². The van der Waals surface area contributed by atoms with Crippen LogP contribution in [0.25, 0.3) is 11.4 Å². The summed E-state index contributed by atoms with van der Waals surface area (Å²) in [5, 5.41) is 7.33. The molecule has 1 saturated heterocycles. The third kappa shape index (κ3) is 3.08. The lowest BCUT2D eigenvalue weighted by Gasteiger charge is -2.09. The highest BCUT2D eigenvalue weighted by molar-refractivity contribution is 5.78. The minimum atomic E-state index is -0.0299. The normalized spacial score (nSPS) is 17.9. The van der Waals surface area contributed by atoms with Gasteiger partial charge in [-0.2, -0.15) is 5.10 Å². The molecule has 2 aromatic heterocycles. The molecule has 1 fully saturated rings. The molecule has 7 heteroatoms. The van der Waals surface area contributed by atoms with Crippen molar-refractivity contribution >= 4 is 5.91 Å². The van der Waals surface area contributed by atoms with E-state index in [0.29, 0.717) is 19.8 Å². The first-order valence-corrected chi connectivity index (χ1v) is 6.89. The molecule has 0 radical (unpaired) electrons. The largest absolute Gasteiger partial charge is 0.381 e. The van der Waals surface area contributed by atoms with Crippen LogP contribution in [0, 0.1) is 5.92 Å². The van der Waals surface area contributed by atoms with Crippen LogP contribution in [0.2, 0.25) is 0 Å². The van der Waals surface area contributed by atoms with Gasteiger partial charge in [0, 0.05) is 26.0 Å². The second-order valence-electron chi connectivity index (χ2n) is 5.01. The Hall–Kier alpha value is -2.28. The van der Waals surface area contributed by atoms with Crippen LogP contribution in [0.15, 0.2) is 24.7 Å². The predicted molar refractivity (Wildman–Crippen MR) is 75.0 cm³/mol. The van der Waals surface area contributed by atoms with Crippen LogP contribution in [0.5, 0.6) is 0 Å². The number of ether oxygens (including phenoxy) is 1. The number of carbonyl (C=O) groups is 1. The lowest BCUT2D eigenvalue weighted by atomic mass is 10.1. The number of nitrogens with zero attached hydrogens (tertiary/aromatic N) is 4. The summed E-state index contributed by atoms with van der Waals surface area (Å²) in [6, 6.07) is 1.91. The standard InChI is InChI=1S/C14H17N5O2/c1-19-11(7-17-14(20)10-2-5-21-9-10)6-12(18-19)13-8-15-3-4-16-13/h3-4,6,8,10H,2,5,7,9H2,1H3,(H,17,20)/t10-/m1/s1. The summed E-state index contributed by atoms with van der Waals surface area (Å²) in [6.07, 6.45) is 5.71. The van der Waals surface area contributed by atoms with Crippen molar-refractivity contribution in [2.75, 3.05) is 13.2 Å². The van der Waals surface area contributed by atoms with Gasteiger partial charge in [-0.05, 0) is 12.5 Å². The smallest absolute Gasteiger partial charge is 0.225 e. The topological polar surface area (TPSA) is 81.9 Å². The van der Waals surface area contributed by atoms with Gasteiger partial charge in [0.1, 0.15) is 11.4 Å². The lowest BCUT2D eigenvalue weighted by molar-refractivity contribution is -0.125. The maximum Gasteiger partial charge on any atom is 0.225 e. The van der Waals surface area contributed by atoms with Gasteiger partial charge < -0.3 is 10.1 Å². The minimum absolute atomic E-state index is 0.0299. The van der Waals surface area contributed by atoms with Crippen molar-refractivity contribution in [2.24, 2.45) is 13.0 Å². The molecule has 0 spiro atoms. The molecule has 3 heterocycles. The Bertz CT molecular complexity index is 620. The van der Waals surface area contributed by atoms with Crippen LogP contribution in [0.3, 0.4) is 0 Å². The monoisotopic (exact) mass is 287 g/mol. The Balaban J connectivity index is 1.66. The lowest BCUT2D eigenvalue weighted by Crippen LogP contribution is -2.31. The number of hydrogen-bond donors (Lipinski definition) is 1. The van der Waals surface area contributed by atoms with Crippen molar-refractivity contribution in [2.45, 2.75) is 13.0 Å². The SMILES string of the molecule is Cn1nc(-c2cnccn2)cc1CNC(=O)[C@@H]1CCOC1. The van der Waals surface area contributed by atoms with Gasteiger partial charge in [0.2, 0.25) is 5.91 Å². The van der Waals surface area contributed by atoms with E-state index < -0.39 is 0 Å². The quantitative estimate of drug-likeness (QED) is 0.887. The first-order chi connectivity index (χ1) is 10.2. The zero-order chi connectivity index (χ0) is 14.7. The number of aromatic nitrogens is 4. The highest BCUT2D eigenvalue weighted by Crippen LogP contribution is 2.16. The van der Waals surface area contributed by atoms with Gasteiger partial charge in [-0.1, -0.05) is 0 Å². The molecule has 0 aromatic carbocycles. The van der Waals surface area contributed by atoms with Gasteiger partial charge in [0.25, 0.3) is 0 Å². The molecule has 3 rings (SSSR count). The van der Waals surface area contributed by atoms with Gasteiger partial charge >= 0.3 is 0 Å². The zero-order valence-corrected chi connectivity index (χ0v) is 11.8. The van der Waals surface area contributed by atoms with Crippen LogP contribution >= 0.6 is 0 Å². The minimum Gasteiger partial charge on any atom is -0.381 e. The highest BCUT2D eigenvalue weighted by atomic mass is 16.5. The van der Waals surface area contributed by atoms with E-state index in [1.165, 1.54) is 0 Å². The molecule has 2 aromatic rings. The third-order valence-electron chi connectivity index (χ3n) is 3.55. The van der Waals surface area contributed by atoms with E-state index in [1.807, 2.05) is 13.1 Å². The number of hydrogen-bond acceptors (Lipinski definition) is 5. The summed E-state index contributed by atoms with van der Waals surface area (Å²) < 4.78 is 6.97. The van der Waals surface area contributed by atoms with Crippen molar-refractivity contribution in [1.82, 2.24) is 25.1 Å². The maximum atomic E-state index is 12.0. The third-order valence-corrected chi connectivity index (χ3v) is 3.55. The molecule has 0 unspecified atom stereocenters. The Morgan fingerprint density at radius 1 is 1.48 bits per heavy atom. The van der Waals surface area contributed by atoms with E-state index in [0.717, 1.165) is 23.5 Å². The predicted octanol–water partition coefficient (Wildman–Crippen LogP) is 0.530. The van der Waals surface area contributed by atoms with Crippen molar-refractivity contribution in [3.63, 3.8) is 0 Å². The van der Waals surface area contributed by atoms with Crippen LogP contribution in [-0.2, 0) is 23.1 Å². The van der Waals surface area contributed by atoms with E-state index >= 15 is 0 Å². The van der Waals surface area contributed by atoms with E-state index in [9.17, 15) is 4.79 Å². The van der Waals surface area contributed by atoms with Crippen molar-refractivity contribution in [3.05, 3.63) is 30.4 Å². The first-order valence-electron chi connectivity index (χ1n) is 6.89. The van der Waals surface area contributed by atoms with E-state index in [2.05, 4.69) is 20.4 Å². The molecule has 0 bridgehead atoms. The first kappa shape index (κ1) is 13.7. The average Bonchev–Trinajstić information content (AvgIpc) is 3.16. The Kier molecular flexibility index (Phi) is 3.92. The average molecular weight is 287 g/mol. The van der Waals surface area contributed by atoms with E-state index in [4.69, 9.17) is 4.74 Å². The molecule has 110 valence electrons. The van der Waals surface area contributed by atoms with Gasteiger partial charge in [-0.25, -0.2) is 0 Å². The molecule has 1 N–H and O–H groups in total. The summed E-state index contributed by atoms with van der Waals surface area (Å²) in [7, 11) is 1.85. The molecular weight excluding hydrogens is 270 g/mol. The number of nitrogens with one attached hydrogen (secondary N) is 1. The Morgan fingerprint density at radius 3 is 3.10 bits per heavy atom. The summed E-state index contributed by atoms with van der Waals surface area (Å²) in [5.74, 6) is 0.00689. The molecule has 1 aliphatic rings. The second kappa shape index (κ2) is 6.01. The van der Waals surface area contributed by atoms with E-state index in [1.54, 1.807) is 23.3 Å². The van der Waals surface area contributed by atoms with Crippen LogP contribution < -0.4 is 5.32 Å². The summed E-state index contributed by atoms with van der Waals surface area (Å²) in [6.45, 7) is 1.63. The zero-order valence-electron chi connectivity index (χ0n) is 11.8. The summed E-state index contributed by atoms with van der Waals surface area (Å²) in [5.41, 5.74) is 2.39. The van der Waals surface area contributed by atoms with Gasteiger partial charge in [0.05, 0.1) is 31.0 Å². The van der Waals surface area contributed by atoms with Crippen LogP contribution in [-0.4, -0.2) is 38.9 Å². The summed E-state index contributed by atoms with van der Waals surface area (Å²) in [4.78, 5) is 20.2. The fourth-order valence-corrected chi connectivity index (χ4v) is 2.29. The molecule has 0 saturated carbocycles. The number of amides is 1. The van der Waals surface area contributed by atoms with Crippen LogP contribution in [0.4, 0.5) is 0 Å². The van der Waals surface area contributed by atoms with Gasteiger partial charge in [0.15, 0.2) is 0 Å². The Morgan fingerprint density at radius 2 is 2.38 bits per heavy atom. The molecule has 21 heavy (non-hydrogen) atoms. The Labute approximate surface area is 122 Å². The van der Waals surface area contributed by atoms with Gasteiger partial charge in [-0.15, -0.1) is 0 Å². The molecular formula is C14H17N5O2. The summed E-state index contributed by atoms with van der Waals surface area (Å²) >= 11 is 0. The number of carbonyl (C=O) groups excluding carboxylic acids is 1. The molecule has 0 aliphatic carbocycles. The molecule has 1 amide bonds. The fraction of sp³-hybridized carbons (Fsp3) is 0.429. The van der Waals surface area contributed by atoms with Gasteiger partial charge in [-0.3, -0.25) is 19.4 Å². The molecule has 1 aliphatic heterocycles. The van der Waals surface area contributed by atoms with Crippen molar-refractivity contribution < 1.29 is 9.53 Å². The van der Waals surface area contributed by atoms with Crippen molar-refractivity contribution in [3.8, 4) is 11.4 Å².